The lowest BCUT2D eigenvalue weighted by atomic mass is 10.2. The third kappa shape index (κ3) is 6.88. The van der Waals surface area contributed by atoms with E-state index in [1.54, 1.807) is 6.08 Å². The molecule has 1 aliphatic heterocycles. The van der Waals surface area contributed by atoms with Crippen molar-refractivity contribution in [1.82, 2.24) is 15.5 Å². The summed E-state index contributed by atoms with van der Waals surface area (Å²) in [6, 6.07) is 8.86. The van der Waals surface area contributed by atoms with Gasteiger partial charge in [0.05, 0.1) is 19.8 Å². The molecule has 150 valence electrons. The second-order valence-electron chi connectivity index (χ2n) is 6.79. The predicted molar refractivity (Wildman–Crippen MR) is 111 cm³/mol. The number of para-hydroxylation sites is 1. The maximum absolute atomic E-state index is 5.72. The molecule has 0 radical (unpaired) electrons. The van der Waals surface area contributed by atoms with Crippen molar-refractivity contribution in [2.24, 2.45) is 4.99 Å². The first kappa shape index (κ1) is 21.3. The molecule has 2 atom stereocenters. The number of hydrogen-bond donors (Lipinski definition) is 2. The highest BCUT2D eigenvalue weighted by molar-refractivity contribution is 5.79. The number of ether oxygens (including phenoxy) is 2. The second-order valence-corrected chi connectivity index (χ2v) is 6.79. The van der Waals surface area contributed by atoms with E-state index in [1.165, 1.54) is 0 Å². The maximum atomic E-state index is 5.72. The molecule has 0 aromatic heterocycles. The highest BCUT2D eigenvalue weighted by Gasteiger charge is 2.23. The van der Waals surface area contributed by atoms with Crippen LogP contribution < -0.4 is 15.4 Å². The molecule has 0 saturated carbocycles. The number of benzene rings is 1. The Bertz CT molecular complexity index is 606. The van der Waals surface area contributed by atoms with Gasteiger partial charge in [-0.25, -0.2) is 4.99 Å². The summed E-state index contributed by atoms with van der Waals surface area (Å²) < 4.78 is 11.3. The van der Waals surface area contributed by atoms with Gasteiger partial charge in [0.1, 0.15) is 12.4 Å². The van der Waals surface area contributed by atoms with Crippen LogP contribution in [0.5, 0.6) is 5.75 Å². The molecule has 6 nitrogen and oxygen atoms in total. The van der Waals surface area contributed by atoms with E-state index in [1.807, 2.05) is 24.3 Å². The molecular weight excluding hydrogens is 340 g/mol. The minimum atomic E-state index is 0.413. The molecule has 1 saturated heterocycles. The maximum Gasteiger partial charge on any atom is 0.191 e. The fourth-order valence-electron chi connectivity index (χ4n) is 3.19. The van der Waals surface area contributed by atoms with Gasteiger partial charge in [0.25, 0.3) is 0 Å². The van der Waals surface area contributed by atoms with Crippen LogP contribution in [0.1, 0.15) is 26.3 Å². The van der Waals surface area contributed by atoms with Gasteiger partial charge in [-0.3, -0.25) is 4.90 Å². The monoisotopic (exact) mass is 374 g/mol. The van der Waals surface area contributed by atoms with Crippen molar-refractivity contribution in [3.05, 3.63) is 42.5 Å². The number of morpholine rings is 1. The third-order valence-electron chi connectivity index (χ3n) is 4.63. The number of hydrogen-bond acceptors (Lipinski definition) is 4. The van der Waals surface area contributed by atoms with Gasteiger partial charge in [0.2, 0.25) is 0 Å². The van der Waals surface area contributed by atoms with Crippen LogP contribution in [0, 0.1) is 0 Å². The van der Waals surface area contributed by atoms with Gasteiger partial charge in [0.15, 0.2) is 5.96 Å². The molecule has 27 heavy (non-hydrogen) atoms. The summed E-state index contributed by atoms with van der Waals surface area (Å²) in [4.78, 5) is 7.22. The smallest absolute Gasteiger partial charge is 0.191 e. The van der Waals surface area contributed by atoms with Gasteiger partial charge < -0.3 is 20.1 Å². The topological polar surface area (TPSA) is 58.1 Å². The van der Waals surface area contributed by atoms with Crippen molar-refractivity contribution in [3.63, 3.8) is 0 Å². The van der Waals surface area contributed by atoms with Crippen LogP contribution in [0.15, 0.2) is 41.9 Å². The third-order valence-corrected chi connectivity index (χ3v) is 4.63. The van der Waals surface area contributed by atoms with Crippen molar-refractivity contribution >= 4 is 5.96 Å². The van der Waals surface area contributed by atoms with Crippen LogP contribution in [0.2, 0.25) is 0 Å². The van der Waals surface area contributed by atoms with Gasteiger partial charge in [0, 0.05) is 37.3 Å². The molecule has 2 unspecified atom stereocenters. The first-order chi connectivity index (χ1) is 13.2. The molecule has 0 amide bonds. The first-order valence-electron chi connectivity index (χ1n) is 9.83. The minimum absolute atomic E-state index is 0.413. The Balaban J connectivity index is 1.95. The van der Waals surface area contributed by atoms with Crippen molar-refractivity contribution in [2.45, 2.75) is 39.4 Å². The van der Waals surface area contributed by atoms with Crippen LogP contribution in [0.4, 0.5) is 0 Å². The summed E-state index contributed by atoms with van der Waals surface area (Å²) in [5.41, 5.74) is 1.06. The summed E-state index contributed by atoms with van der Waals surface area (Å²) in [5.74, 6) is 1.68. The van der Waals surface area contributed by atoms with Crippen LogP contribution in [0.3, 0.4) is 0 Å². The quantitative estimate of drug-likeness (QED) is 0.395. The van der Waals surface area contributed by atoms with Gasteiger partial charge in [-0.2, -0.15) is 0 Å². The van der Waals surface area contributed by atoms with Crippen LogP contribution in [-0.4, -0.2) is 62.4 Å². The highest BCUT2D eigenvalue weighted by Crippen LogP contribution is 2.18. The molecule has 1 heterocycles. The van der Waals surface area contributed by atoms with Crippen molar-refractivity contribution in [3.8, 4) is 5.75 Å². The molecular formula is C21H34N4O2. The Morgan fingerprint density at radius 1 is 1.44 bits per heavy atom. The van der Waals surface area contributed by atoms with E-state index in [9.17, 15) is 0 Å². The summed E-state index contributed by atoms with van der Waals surface area (Å²) >= 11 is 0. The summed E-state index contributed by atoms with van der Waals surface area (Å²) in [6.45, 7) is 15.6. The number of guanidine groups is 1. The fraction of sp³-hybridized carbons (Fsp3) is 0.571. The van der Waals surface area contributed by atoms with E-state index in [2.05, 4.69) is 42.9 Å². The lowest BCUT2D eigenvalue weighted by Gasteiger charge is -2.38. The van der Waals surface area contributed by atoms with Crippen molar-refractivity contribution in [2.75, 3.05) is 39.5 Å². The predicted octanol–water partition coefficient (Wildman–Crippen LogP) is 2.42. The zero-order valence-electron chi connectivity index (χ0n) is 16.9. The van der Waals surface area contributed by atoms with Gasteiger partial charge in [-0.05, 0) is 26.8 Å². The van der Waals surface area contributed by atoms with E-state index in [4.69, 9.17) is 14.5 Å². The van der Waals surface area contributed by atoms with Crippen LogP contribution in [0.25, 0.3) is 0 Å². The Hall–Kier alpha value is -2.05. The Labute approximate surface area is 163 Å². The molecule has 0 spiro atoms. The fourth-order valence-corrected chi connectivity index (χ4v) is 3.19. The standard InChI is InChI=1S/C21H34N4O2/c1-5-12-27-20-10-8-7-9-19(20)15-24-21(22-6-2)23-14-17(3)25-11-13-26-16-18(25)4/h5,7-10,17-18H,1,6,11-16H2,2-4H3,(H2,22,23,24). The molecule has 1 aliphatic rings. The largest absolute Gasteiger partial charge is 0.489 e. The van der Waals surface area contributed by atoms with E-state index >= 15 is 0 Å². The average molecular weight is 375 g/mol. The molecule has 6 heteroatoms. The molecule has 0 bridgehead atoms. The SMILES string of the molecule is C=CCOc1ccccc1CN=C(NCC)NCC(C)N1CCOCC1C. The van der Waals surface area contributed by atoms with Gasteiger partial charge in [-0.15, -0.1) is 0 Å². The van der Waals surface area contributed by atoms with E-state index in [-0.39, 0.29) is 0 Å². The number of rotatable bonds is 9. The van der Waals surface area contributed by atoms with Crippen LogP contribution in [-0.2, 0) is 11.3 Å². The number of nitrogens with zero attached hydrogens (tertiary/aromatic N) is 2. The highest BCUT2D eigenvalue weighted by atomic mass is 16.5. The molecule has 2 N–H and O–H groups in total. The molecule has 1 aromatic carbocycles. The van der Waals surface area contributed by atoms with Crippen LogP contribution >= 0.6 is 0 Å². The Morgan fingerprint density at radius 2 is 2.26 bits per heavy atom. The normalized spacial score (nSPS) is 19.4. The second kappa shape index (κ2) is 11.6. The minimum Gasteiger partial charge on any atom is -0.489 e. The molecule has 0 aliphatic carbocycles. The average Bonchev–Trinajstić information content (AvgIpc) is 2.69. The van der Waals surface area contributed by atoms with E-state index in [0.717, 1.165) is 50.1 Å². The summed E-state index contributed by atoms with van der Waals surface area (Å²) in [6.07, 6.45) is 1.75. The lowest BCUT2D eigenvalue weighted by molar-refractivity contribution is -0.0174. The van der Waals surface area contributed by atoms with Gasteiger partial charge in [-0.1, -0.05) is 30.9 Å². The summed E-state index contributed by atoms with van der Waals surface area (Å²) in [5, 5.41) is 6.79. The lowest BCUT2D eigenvalue weighted by Crippen LogP contribution is -2.53. The van der Waals surface area contributed by atoms with Crippen molar-refractivity contribution < 1.29 is 9.47 Å². The zero-order valence-corrected chi connectivity index (χ0v) is 16.9. The number of nitrogens with one attached hydrogen (secondary N) is 2. The number of aliphatic imine (C=N–C) groups is 1. The Morgan fingerprint density at radius 3 is 3.00 bits per heavy atom. The zero-order chi connectivity index (χ0) is 19.5. The summed E-state index contributed by atoms with van der Waals surface area (Å²) in [7, 11) is 0. The Kier molecular flexibility index (Phi) is 9.15. The molecule has 2 rings (SSSR count). The first-order valence-corrected chi connectivity index (χ1v) is 9.83. The molecule has 1 fully saturated rings. The van der Waals surface area contributed by atoms with Crippen molar-refractivity contribution in [1.29, 1.82) is 0 Å². The van der Waals surface area contributed by atoms with Gasteiger partial charge >= 0.3 is 0 Å². The van der Waals surface area contributed by atoms with E-state index in [0.29, 0.717) is 25.2 Å². The molecule has 1 aromatic rings. The van der Waals surface area contributed by atoms with E-state index < -0.39 is 0 Å².